The Balaban J connectivity index is 1.78. The van der Waals surface area contributed by atoms with Crippen molar-refractivity contribution in [3.63, 3.8) is 0 Å². The molecular weight excluding hydrogens is 208 g/mol. The molecule has 2 heteroatoms. The summed E-state index contributed by atoms with van der Waals surface area (Å²) < 4.78 is 0. The summed E-state index contributed by atoms with van der Waals surface area (Å²) in [5.74, 6) is 1.02. The number of nitrogens with two attached hydrogens (primary N) is 1. The third kappa shape index (κ3) is 3.96. The molecule has 0 bridgehead atoms. The highest BCUT2D eigenvalue weighted by Gasteiger charge is 2.32. The van der Waals surface area contributed by atoms with Gasteiger partial charge in [0.1, 0.15) is 0 Å². The Morgan fingerprint density at radius 3 is 2.59 bits per heavy atom. The molecule has 100 valence electrons. The third-order valence-electron chi connectivity index (χ3n) is 4.62. The highest BCUT2D eigenvalue weighted by atomic mass is 15.2. The third-order valence-corrected chi connectivity index (χ3v) is 4.62. The first-order valence-electron chi connectivity index (χ1n) is 7.59. The summed E-state index contributed by atoms with van der Waals surface area (Å²) in [6, 6.07) is 0.915. The molecule has 2 N–H and O–H groups in total. The smallest absolute Gasteiger partial charge is 0.0123 e. The summed E-state index contributed by atoms with van der Waals surface area (Å²) in [5.41, 5.74) is 6.08. The molecule has 2 atom stereocenters. The SMILES string of the molecule is CC(C)(N)CCCN1CCCC2CCCCC21. The quantitative estimate of drug-likeness (QED) is 0.815. The van der Waals surface area contributed by atoms with Gasteiger partial charge in [0, 0.05) is 11.6 Å². The largest absolute Gasteiger partial charge is 0.326 e. The Morgan fingerprint density at radius 2 is 1.82 bits per heavy atom. The lowest BCUT2D eigenvalue weighted by Gasteiger charge is -2.44. The lowest BCUT2D eigenvalue weighted by molar-refractivity contribution is 0.0586. The van der Waals surface area contributed by atoms with E-state index in [2.05, 4.69) is 18.7 Å². The van der Waals surface area contributed by atoms with Gasteiger partial charge in [-0.1, -0.05) is 12.8 Å². The van der Waals surface area contributed by atoms with Gasteiger partial charge in [0.2, 0.25) is 0 Å². The summed E-state index contributed by atoms with van der Waals surface area (Å²) >= 11 is 0. The fourth-order valence-electron chi connectivity index (χ4n) is 3.74. The molecule has 2 unspecified atom stereocenters. The topological polar surface area (TPSA) is 29.3 Å². The molecule has 1 aliphatic carbocycles. The van der Waals surface area contributed by atoms with Crippen molar-refractivity contribution in [2.75, 3.05) is 13.1 Å². The standard InChI is InChI=1S/C15H30N2/c1-15(2,16)10-6-12-17-11-5-8-13-7-3-4-9-14(13)17/h13-14H,3-12,16H2,1-2H3. The van der Waals surface area contributed by atoms with Gasteiger partial charge in [0.05, 0.1) is 0 Å². The van der Waals surface area contributed by atoms with Gasteiger partial charge in [-0.25, -0.2) is 0 Å². The average Bonchev–Trinajstić information content (AvgIpc) is 2.28. The van der Waals surface area contributed by atoms with E-state index < -0.39 is 0 Å². The molecule has 0 aromatic heterocycles. The maximum Gasteiger partial charge on any atom is 0.0123 e. The van der Waals surface area contributed by atoms with E-state index in [4.69, 9.17) is 5.73 Å². The van der Waals surface area contributed by atoms with E-state index in [1.54, 1.807) is 0 Å². The van der Waals surface area contributed by atoms with Crippen molar-refractivity contribution < 1.29 is 0 Å². The second kappa shape index (κ2) is 5.71. The van der Waals surface area contributed by atoms with Crippen LogP contribution in [0.1, 0.15) is 65.2 Å². The van der Waals surface area contributed by atoms with Crippen molar-refractivity contribution in [2.24, 2.45) is 11.7 Å². The van der Waals surface area contributed by atoms with Gasteiger partial charge in [-0.3, -0.25) is 0 Å². The predicted molar refractivity (Wildman–Crippen MR) is 74.1 cm³/mol. The molecule has 2 fully saturated rings. The second-order valence-corrected chi connectivity index (χ2v) is 6.88. The first-order valence-corrected chi connectivity index (χ1v) is 7.59. The summed E-state index contributed by atoms with van der Waals surface area (Å²) in [7, 11) is 0. The van der Waals surface area contributed by atoms with Crippen LogP contribution < -0.4 is 5.73 Å². The Kier molecular flexibility index (Phi) is 4.48. The Hall–Kier alpha value is -0.0800. The molecule has 1 heterocycles. The van der Waals surface area contributed by atoms with Crippen LogP contribution in [0.3, 0.4) is 0 Å². The van der Waals surface area contributed by atoms with E-state index >= 15 is 0 Å². The average molecular weight is 238 g/mol. The monoisotopic (exact) mass is 238 g/mol. The maximum atomic E-state index is 6.06. The van der Waals surface area contributed by atoms with Crippen LogP contribution in [0, 0.1) is 5.92 Å². The van der Waals surface area contributed by atoms with Gasteiger partial charge in [0.15, 0.2) is 0 Å². The molecule has 2 nitrogen and oxygen atoms in total. The summed E-state index contributed by atoms with van der Waals surface area (Å²) in [5, 5.41) is 0. The van der Waals surface area contributed by atoms with Gasteiger partial charge in [-0.15, -0.1) is 0 Å². The van der Waals surface area contributed by atoms with E-state index in [1.165, 1.54) is 58.0 Å². The molecule has 1 saturated heterocycles. The number of likely N-dealkylation sites (tertiary alicyclic amines) is 1. The second-order valence-electron chi connectivity index (χ2n) is 6.88. The van der Waals surface area contributed by atoms with Crippen LogP contribution in [0.25, 0.3) is 0 Å². The maximum absolute atomic E-state index is 6.06. The lowest BCUT2D eigenvalue weighted by atomic mass is 9.78. The normalized spacial score (nSPS) is 31.2. The number of hydrogen-bond donors (Lipinski definition) is 1. The molecule has 0 amide bonds. The van der Waals surface area contributed by atoms with E-state index in [1.807, 2.05) is 0 Å². The van der Waals surface area contributed by atoms with Crippen LogP contribution in [-0.4, -0.2) is 29.6 Å². The van der Waals surface area contributed by atoms with Crippen molar-refractivity contribution in [3.8, 4) is 0 Å². The van der Waals surface area contributed by atoms with E-state index in [0.717, 1.165) is 18.4 Å². The van der Waals surface area contributed by atoms with Gasteiger partial charge in [-0.05, 0) is 71.4 Å². The van der Waals surface area contributed by atoms with Crippen molar-refractivity contribution in [2.45, 2.75) is 76.8 Å². The van der Waals surface area contributed by atoms with Gasteiger partial charge < -0.3 is 10.6 Å². The van der Waals surface area contributed by atoms with Gasteiger partial charge in [0.25, 0.3) is 0 Å². The summed E-state index contributed by atoms with van der Waals surface area (Å²) in [6.45, 7) is 6.91. The Labute approximate surface area is 107 Å². The van der Waals surface area contributed by atoms with Crippen molar-refractivity contribution >= 4 is 0 Å². The molecule has 0 aromatic rings. The summed E-state index contributed by atoms with van der Waals surface area (Å²) in [4.78, 5) is 2.78. The zero-order valence-electron chi connectivity index (χ0n) is 11.8. The minimum atomic E-state index is 0.0156. The number of rotatable bonds is 4. The van der Waals surface area contributed by atoms with Crippen LogP contribution in [0.15, 0.2) is 0 Å². The fraction of sp³-hybridized carbons (Fsp3) is 1.00. The van der Waals surface area contributed by atoms with Crippen LogP contribution in [-0.2, 0) is 0 Å². The lowest BCUT2D eigenvalue weighted by Crippen LogP contribution is -2.47. The summed E-state index contributed by atoms with van der Waals surface area (Å²) in [6.07, 6.45) is 11.2. The first-order chi connectivity index (χ1) is 8.06. The molecule has 2 rings (SSSR count). The number of fused-ring (bicyclic) bond motifs is 1. The molecule has 0 spiro atoms. The molecule has 1 saturated carbocycles. The molecule has 0 aromatic carbocycles. The first kappa shape index (κ1) is 13.4. The molecular formula is C15H30N2. The van der Waals surface area contributed by atoms with Crippen LogP contribution in [0.4, 0.5) is 0 Å². The minimum Gasteiger partial charge on any atom is -0.326 e. The van der Waals surface area contributed by atoms with Crippen molar-refractivity contribution in [3.05, 3.63) is 0 Å². The molecule has 17 heavy (non-hydrogen) atoms. The number of hydrogen-bond acceptors (Lipinski definition) is 2. The number of piperidine rings is 1. The predicted octanol–water partition coefficient (Wildman–Crippen LogP) is 3.16. The van der Waals surface area contributed by atoms with Crippen LogP contribution in [0.2, 0.25) is 0 Å². The highest BCUT2D eigenvalue weighted by Crippen LogP contribution is 2.35. The number of nitrogens with zero attached hydrogens (tertiary/aromatic N) is 1. The molecule has 0 radical (unpaired) electrons. The zero-order chi connectivity index (χ0) is 12.3. The van der Waals surface area contributed by atoms with Crippen LogP contribution in [0.5, 0.6) is 0 Å². The minimum absolute atomic E-state index is 0.0156. The Morgan fingerprint density at radius 1 is 1.12 bits per heavy atom. The van der Waals surface area contributed by atoms with Crippen LogP contribution >= 0.6 is 0 Å². The van der Waals surface area contributed by atoms with Crippen molar-refractivity contribution in [1.82, 2.24) is 4.90 Å². The van der Waals surface area contributed by atoms with Gasteiger partial charge in [-0.2, -0.15) is 0 Å². The van der Waals surface area contributed by atoms with E-state index in [9.17, 15) is 0 Å². The zero-order valence-corrected chi connectivity index (χ0v) is 11.8. The molecule has 1 aliphatic heterocycles. The van der Waals surface area contributed by atoms with Crippen molar-refractivity contribution in [1.29, 1.82) is 0 Å². The highest BCUT2D eigenvalue weighted by molar-refractivity contribution is 4.87. The van der Waals surface area contributed by atoms with Gasteiger partial charge >= 0.3 is 0 Å². The Bertz CT molecular complexity index is 230. The molecule has 2 aliphatic rings. The fourth-order valence-corrected chi connectivity index (χ4v) is 3.74. The van der Waals surface area contributed by atoms with E-state index in [0.29, 0.717) is 0 Å². The van der Waals surface area contributed by atoms with E-state index in [-0.39, 0.29) is 5.54 Å².